The van der Waals surface area contributed by atoms with E-state index in [1.54, 1.807) is 0 Å². The Labute approximate surface area is 122 Å². The van der Waals surface area contributed by atoms with Crippen LogP contribution in [-0.4, -0.2) is 16.1 Å². The molecule has 0 aliphatic carbocycles. The summed E-state index contributed by atoms with van der Waals surface area (Å²) in [6, 6.07) is 11.1. The summed E-state index contributed by atoms with van der Waals surface area (Å²) in [6.45, 7) is 3.25. The lowest BCUT2D eigenvalue weighted by Gasteiger charge is -2.16. The quantitative estimate of drug-likeness (QED) is 0.796. The molecule has 2 rings (SSSR count). The first-order valence-corrected chi connectivity index (χ1v) is 7.54. The van der Waals surface area contributed by atoms with E-state index < -0.39 is 0 Å². The van der Waals surface area contributed by atoms with Gasteiger partial charge in [-0.25, -0.2) is 4.98 Å². The van der Waals surface area contributed by atoms with Gasteiger partial charge in [0.15, 0.2) is 0 Å². The van der Waals surface area contributed by atoms with Gasteiger partial charge in [-0.05, 0) is 37.8 Å². The highest BCUT2D eigenvalue weighted by molar-refractivity contribution is 5.14. The van der Waals surface area contributed by atoms with Crippen molar-refractivity contribution < 1.29 is 0 Å². The van der Waals surface area contributed by atoms with E-state index in [2.05, 4.69) is 53.8 Å². The number of nitrogens with zero attached hydrogens (tertiary/aromatic N) is 2. The molecule has 0 saturated carbocycles. The highest BCUT2D eigenvalue weighted by Crippen LogP contribution is 2.18. The lowest BCUT2D eigenvalue weighted by molar-refractivity contribution is 0.476. The third-order valence-electron chi connectivity index (χ3n) is 3.52. The molecule has 1 unspecified atom stereocenters. The Balaban J connectivity index is 1.87. The molecule has 1 N–H and O–H groups in total. The van der Waals surface area contributed by atoms with E-state index in [9.17, 15) is 0 Å². The molecule has 1 atom stereocenters. The molecule has 0 spiro atoms. The first kappa shape index (κ1) is 14.8. The van der Waals surface area contributed by atoms with Crippen LogP contribution in [0.1, 0.15) is 43.5 Å². The zero-order valence-electron chi connectivity index (χ0n) is 12.5. The van der Waals surface area contributed by atoms with E-state index in [-0.39, 0.29) is 0 Å². The Morgan fingerprint density at radius 1 is 1.25 bits per heavy atom. The van der Waals surface area contributed by atoms with Crippen LogP contribution in [0.5, 0.6) is 0 Å². The second-order valence-electron chi connectivity index (χ2n) is 5.35. The SMILES string of the molecule is CCCNC(CCCc1ccccc1)c1cn(C)cn1. The van der Waals surface area contributed by atoms with E-state index in [0.717, 1.165) is 31.5 Å². The van der Waals surface area contributed by atoms with Crippen molar-refractivity contribution in [1.29, 1.82) is 0 Å². The summed E-state index contributed by atoms with van der Waals surface area (Å²) < 4.78 is 2.02. The molecular formula is C17H25N3. The van der Waals surface area contributed by atoms with Crippen molar-refractivity contribution in [1.82, 2.24) is 14.9 Å². The third-order valence-corrected chi connectivity index (χ3v) is 3.52. The van der Waals surface area contributed by atoms with Gasteiger partial charge in [0.1, 0.15) is 0 Å². The minimum absolute atomic E-state index is 0.375. The first-order chi connectivity index (χ1) is 9.79. The second-order valence-corrected chi connectivity index (χ2v) is 5.35. The predicted molar refractivity (Wildman–Crippen MR) is 83.6 cm³/mol. The molecule has 0 amide bonds. The number of benzene rings is 1. The van der Waals surface area contributed by atoms with Crippen molar-refractivity contribution in [3.8, 4) is 0 Å². The molecule has 3 heteroatoms. The van der Waals surface area contributed by atoms with E-state index in [1.807, 2.05) is 17.9 Å². The van der Waals surface area contributed by atoms with Gasteiger partial charge in [-0.2, -0.15) is 0 Å². The molecule has 20 heavy (non-hydrogen) atoms. The van der Waals surface area contributed by atoms with Gasteiger partial charge in [-0.1, -0.05) is 37.3 Å². The molecule has 1 aromatic carbocycles. The molecular weight excluding hydrogens is 246 g/mol. The molecule has 0 aliphatic heterocycles. The zero-order valence-corrected chi connectivity index (χ0v) is 12.5. The summed E-state index contributed by atoms with van der Waals surface area (Å²) in [4.78, 5) is 4.50. The molecule has 0 bridgehead atoms. The van der Waals surface area contributed by atoms with Crippen LogP contribution in [0.3, 0.4) is 0 Å². The third kappa shape index (κ3) is 4.49. The molecule has 0 saturated heterocycles. The van der Waals surface area contributed by atoms with Crippen LogP contribution in [0.15, 0.2) is 42.9 Å². The summed E-state index contributed by atoms with van der Waals surface area (Å²) in [5.74, 6) is 0. The maximum Gasteiger partial charge on any atom is 0.0947 e. The van der Waals surface area contributed by atoms with Crippen LogP contribution in [0.25, 0.3) is 0 Å². The van der Waals surface area contributed by atoms with Crippen LogP contribution in [0, 0.1) is 0 Å². The van der Waals surface area contributed by atoms with Gasteiger partial charge in [-0.15, -0.1) is 0 Å². The van der Waals surface area contributed by atoms with E-state index in [0.29, 0.717) is 6.04 Å². The van der Waals surface area contributed by atoms with Gasteiger partial charge < -0.3 is 9.88 Å². The fourth-order valence-corrected chi connectivity index (χ4v) is 2.44. The normalized spacial score (nSPS) is 12.5. The number of aromatic nitrogens is 2. The molecule has 2 aromatic rings. The largest absolute Gasteiger partial charge is 0.340 e. The number of imidazole rings is 1. The lowest BCUT2D eigenvalue weighted by atomic mass is 10.0. The Morgan fingerprint density at radius 2 is 2.05 bits per heavy atom. The predicted octanol–water partition coefficient (Wildman–Crippen LogP) is 3.48. The average molecular weight is 271 g/mol. The monoisotopic (exact) mass is 271 g/mol. The topological polar surface area (TPSA) is 29.9 Å². The van der Waals surface area contributed by atoms with Crippen molar-refractivity contribution in [2.45, 2.75) is 38.6 Å². The Hall–Kier alpha value is -1.61. The fraction of sp³-hybridized carbons (Fsp3) is 0.471. The fourth-order valence-electron chi connectivity index (χ4n) is 2.44. The van der Waals surface area contributed by atoms with E-state index in [1.165, 1.54) is 12.0 Å². The van der Waals surface area contributed by atoms with E-state index in [4.69, 9.17) is 0 Å². The zero-order chi connectivity index (χ0) is 14.2. The summed E-state index contributed by atoms with van der Waals surface area (Å²) in [5, 5.41) is 3.61. The summed E-state index contributed by atoms with van der Waals surface area (Å²) in [6.07, 6.45) is 8.61. The molecule has 3 nitrogen and oxygen atoms in total. The molecule has 1 aromatic heterocycles. The summed E-state index contributed by atoms with van der Waals surface area (Å²) in [7, 11) is 2.03. The number of nitrogens with one attached hydrogen (secondary N) is 1. The van der Waals surface area contributed by atoms with Crippen molar-refractivity contribution in [2.24, 2.45) is 7.05 Å². The second kappa shape index (κ2) is 7.85. The maximum absolute atomic E-state index is 4.50. The lowest BCUT2D eigenvalue weighted by Crippen LogP contribution is -2.22. The summed E-state index contributed by atoms with van der Waals surface area (Å²) in [5.41, 5.74) is 2.58. The average Bonchev–Trinajstić information content (AvgIpc) is 2.90. The number of hydrogen-bond donors (Lipinski definition) is 1. The molecule has 1 heterocycles. The number of rotatable bonds is 8. The van der Waals surface area contributed by atoms with Gasteiger partial charge in [-0.3, -0.25) is 0 Å². The molecule has 0 aliphatic rings. The van der Waals surface area contributed by atoms with Crippen LogP contribution in [0.2, 0.25) is 0 Å². The van der Waals surface area contributed by atoms with Gasteiger partial charge >= 0.3 is 0 Å². The van der Waals surface area contributed by atoms with Gasteiger partial charge in [0.05, 0.1) is 18.1 Å². The highest BCUT2D eigenvalue weighted by atomic mass is 15.0. The number of aryl methyl sites for hydroxylation is 2. The van der Waals surface area contributed by atoms with Gasteiger partial charge in [0.25, 0.3) is 0 Å². The van der Waals surface area contributed by atoms with Crippen molar-refractivity contribution >= 4 is 0 Å². The maximum atomic E-state index is 4.50. The van der Waals surface area contributed by atoms with Gasteiger partial charge in [0.2, 0.25) is 0 Å². The standard InChI is InChI=1S/C17H25N3/c1-3-12-18-16(17-13-20(2)14-19-17)11-7-10-15-8-5-4-6-9-15/h4-6,8-9,13-14,16,18H,3,7,10-12H2,1-2H3. The Kier molecular flexibility index (Phi) is 5.81. The van der Waals surface area contributed by atoms with Gasteiger partial charge in [0, 0.05) is 13.2 Å². The first-order valence-electron chi connectivity index (χ1n) is 7.54. The van der Waals surface area contributed by atoms with Crippen LogP contribution in [0.4, 0.5) is 0 Å². The van der Waals surface area contributed by atoms with Crippen LogP contribution < -0.4 is 5.32 Å². The highest BCUT2D eigenvalue weighted by Gasteiger charge is 2.12. The number of hydrogen-bond acceptors (Lipinski definition) is 2. The molecule has 0 fully saturated rings. The Morgan fingerprint density at radius 3 is 2.70 bits per heavy atom. The minimum atomic E-state index is 0.375. The van der Waals surface area contributed by atoms with Crippen molar-refractivity contribution in [3.63, 3.8) is 0 Å². The van der Waals surface area contributed by atoms with Crippen molar-refractivity contribution in [2.75, 3.05) is 6.54 Å². The van der Waals surface area contributed by atoms with Crippen LogP contribution >= 0.6 is 0 Å². The summed E-state index contributed by atoms with van der Waals surface area (Å²) >= 11 is 0. The minimum Gasteiger partial charge on any atom is -0.340 e. The smallest absolute Gasteiger partial charge is 0.0947 e. The Bertz CT molecular complexity index is 490. The van der Waals surface area contributed by atoms with Crippen LogP contribution in [-0.2, 0) is 13.5 Å². The van der Waals surface area contributed by atoms with E-state index >= 15 is 0 Å². The molecule has 108 valence electrons. The molecule has 0 radical (unpaired) electrons. The van der Waals surface area contributed by atoms with Crippen molar-refractivity contribution in [3.05, 3.63) is 54.1 Å².